The van der Waals surface area contributed by atoms with E-state index in [0.29, 0.717) is 0 Å². The normalized spacial score (nSPS) is 18.7. The van der Waals surface area contributed by atoms with Crippen LogP contribution in [-0.2, 0) is 4.74 Å². The van der Waals surface area contributed by atoms with E-state index in [2.05, 4.69) is 31.0 Å². The molecular formula is C13H25NO. The van der Waals surface area contributed by atoms with Crippen molar-refractivity contribution in [1.29, 1.82) is 0 Å². The van der Waals surface area contributed by atoms with Crippen LogP contribution in [0.25, 0.3) is 0 Å². The number of likely N-dealkylation sites (tertiary alicyclic amines) is 1. The van der Waals surface area contributed by atoms with E-state index in [9.17, 15) is 0 Å². The first-order valence-corrected chi connectivity index (χ1v) is 6.04. The van der Waals surface area contributed by atoms with E-state index in [1.54, 1.807) is 7.11 Å². The zero-order chi connectivity index (χ0) is 11.1. The summed E-state index contributed by atoms with van der Waals surface area (Å²) < 4.78 is 5.20. The number of methoxy groups -OCH3 is 1. The standard InChI is InChI=1S/C13H25NO/c1-13(2,12-15-3)8-7-11-14-9-5-4-6-10-14/h7,11H,4-6,8-10,12H2,1-3H3/b11-7+. The van der Waals surface area contributed by atoms with Gasteiger partial charge in [0.25, 0.3) is 0 Å². The molecule has 2 heteroatoms. The lowest BCUT2D eigenvalue weighted by atomic mass is 9.90. The molecule has 1 aliphatic rings. The van der Waals surface area contributed by atoms with Crippen LogP contribution in [0.5, 0.6) is 0 Å². The molecule has 0 unspecified atom stereocenters. The fourth-order valence-electron chi connectivity index (χ4n) is 2.04. The highest BCUT2D eigenvalue weighted by Crippen LogP contribution is 2.21. The Bertz CT molecular complexity index is 193. The third-order valence-corrected chi connectivity index (χ3v) is 2.91. The molecule has 15 heavy (non-hydrogen) atoms. The third kappa shape index (κ3) is 5.22. The van der Waals surface area contributed by atoms with Gasteiger partial charge in [-0.15, -0.1) is 0 Å². The second-order valence-electron chi connectivity index (χ2n) is 5.28. The largest absolute Gasteiger partial charge is 0.384 e. The summed E-state index contributed by atoms with van der Waals surface area (Å²) >= 11 is 0. The van der Waals surface area contributed by atoms with Crippen molar-refractivity contribution < 1.29 is 4.74 Å². The van der Waals surface area contributed by atoms with Crippen molar-refractivity contribution in [3.05, 3.63) is 12.3 Å². The molecule has 0 aromatic heterocycles. The quantitative estimate of drug-likeness (QED) is 0.693. The van der Waals surface area contributed by atoms with Gasteiger partial charge < -0.3 is 9.64 Å². The highest BCUT2D eigenvalue weighted by atomic mass is 16.5. The fraction of sp³-hybridized carbons (Fsp3) is 0.846. The molecule has 0 bridgehead atoms. The summed E-state index contributed by atoms with van der Waals surface area (Å²) in [5, 5.41) is 0. The minimum absolute atomic E-state index is 0.265. The molecule has 1 rings (SSSR count). The van der Waals surface area contributed by atoms with Crippen molar-refractivity contribution in [2.24, 2.45) is 5.41 Å². The molecule has 0 saturated carbocycles. The first kappa shape index (κ1) is 12.6. The second kappa shape index (κ2) is 6.16. The molecule has 0 amide bonds. The van der Waals surface area contributed by atoms with E-state index >= 15 is 0 Å². The monoisotopic (exact) mass is 211 g/mol. The lowest BCUT2D eigenvalue weighted by Crippen LogP contribution is -2.24. The zero-order valence-electron chi connectivity index (χ0n) is 10.5. The molecular weight excluding hydrogens is 186 g/mol. The maximum Gasteiger partial charge on any atom is 0.0516 e. The fourth-order valence-corrected chi connectivity index (χ4v) is 2.04. The van der Waals surface area contributed by atoms with Gasteiger partial charge in [-0.05, 0) is 37.3 Å². The molecule has 0 aliphatic carbocycles. The number of allylic oxidation sites excluding steroid dienone is 1. The number of nitrogens with zero attached hydrogens (tertiary/aromatic N) is 1. The number of hydrogen-bond donors (Lipinski definition) is 0. The molecule has 0 aromatic carbocycles. The van der Waals surface area contributed by atoms with Gasteiger partial charge in [0.15, 0.2) is 0 Å². The van der Waals surface area contributed by atoms with Gasteiger partial charge in [0, 0.05) is 20.2 Å². The molecule has 1 heterocycles. The van der Waals surface area contributed by atoms with Crippen LogP contribution in [0, 0.1) is 5.41 Å². The van der Waals surface area contributed by atoms with Crippen LogP contribution < -0.4 is 0 Å². The van der Waals surface area contributed by atoms with Crippen LogP contribution in [0.2, 0.25) is 0 Å². The number of rotatable bonds is 5. The SMILES string of the molecule is COCC(C)(C)C/C=C/N1CCCCC1. The average molecular weight is 211 g/mol. The van der Waals surface area contributed by atoms with E-state index in [-0.39, 0.29) is 5.41 Å². The lowest BCUT2D eigenvalue weighted by molar-refractivity contribution is 0.106. The Hall–Kier alpha value is -0.500. The summed E-state index contributed by atoms with van der Waals surface area (Å²) in [7, 11) is 1.77. The predicted molar refractivity (Wildman–Crippen MR) is 64.8 cm³/mol. The second-order valence-corrected chi connectivity index (χ2v) is 5.28. The van der Waals surface area contributed by atoms with Gasteiger partial charge >= 0.3 is 0 Å². The van der Waals surface area contributed by atoms with E-state index in [1.165, 1.54) is 32.4 Å². The predicted octanol–water partition coefficient (Wildman–Crippen LogP) is 3.05. The third-order valence-electron chi connectivity index (χ3n) is 2.91. The molecule has 1 saturated heterocycles. The van der Waals surface area contributed by atoms with Crippen molar-refractivity contribution in [3.63, 3.8) is 0 Å². The van der Waals surface area contributed by atoms with Crippen molar-refractivity contribution in [1.82, 2.24) is 4.90 Å². The van der Waals surface area contributed by atoms with E-state index in [1.807, 2.05) is 0 Å². The van der Waals surface area contributed by atoms with Crippen molar-refractivity contribution >= 4 is 0 Å². The van der Waals surface area contributed by atoms with E-state index in [0.717, 1.165) is 13.0 Å². The minimum atomic E-state index is 0.265. The number of piperidine rings is 1. The highest BCUT2D eigenvalue weighted by molar-refractivity contribution is 4.88. The van der Waals surface area contributed by atoms with Gasteiger partial charge in [0.05, 0.1) is 6.61 Å². The maximum absolute atomic E-state index is 5.20. The van der Waals surface area contributed by atoms with Gasteiger partial charge in [-0.3, -0.25) is 0 Å². The summed E-state index contributed by atoms with van der Waals surface area (Å²) in [4.78, 5) is 2.44. The van der Waals surface area contributed by atoms with Crippen molar-refractivity contribution in [3.8, 4) is 0 Å². The van der Waals surface area contributed by atoms with Crippen LogP contribution in [0.15, 0.2) is 12.3 Å². The topological polar surface area (TPSA) is 12.5 Å². The summed E-state index contributed by atoms with van der Waals surface area (Å²) in [6, 6.07) is 0. The summed E-state index contributed by atoms with van der Waals surface area (Å²) in [6.45, 7) is 7.80. The lowest BCUT2D eigenvalue weighted by Gasteiger charge is -2.26. The molecule has 2 nitrogen and oxygen atoms in total. The molecule has 0 radical (unpaired) electrons. The first-order chi connectivity index (χ1) is 7.14. The van der Waals surface area contributed by atoms with Crippen LogP contribution in [0.1, 0.15) is 39.5 Å². The number of hydrogen-bond acceptors (Lipinski definition) is 2. The average Bonchev–Trinajstić information content (AvgIpc) is 2.19. The van der Waals surface area contributed by atoms with Crippen LogP contribution in [0.3, 0.4) is 0 Å². The Morgan fingerprint density at radius 3 is 2.47 bits per heavy atom. The highest BCUT2D eigenvalue weighted by Gasteiger charge is 2.15. The Morgan fingerprint density at radius 1 is 1.20 bits per heavy atom. The Kier molecular flexibility index (Phi) is 5.16. The summed E-state index contributed by atoms with van der Waals surface area (Å²) in [5.74, 6) is 0. The molecule has 1 aliphatic heterocycles. The Balaban J connectivity index is 2.25. The molecule has 0 N–H and O–H groups in total. The van der Waals surface area contributed by atoms with Crippen LogP contribution in [-0.4, -0.2) is 31.7 Å². The first-order valence-electron chi connectivity index (χ1n) is 6.04. The summed E-state index contributed by atoms with van der Waals surface area (Å²) in [5.41, 5.74) is 0.265. The molecule has 0 atom stereocenters. The molecule has 1 fully saturated rings. The Labute approximate surface area is 94.3 Å². The maximum atomic E-state index is 5.20. The van der Waals surface area contributed by atoms with Crippen molar-refractivity contribution in [2.75, 3.05) is 26.8 Å². The van der Waals surface area contributed by atoms with Crippen molar-refractivity contribution in [2.45, 2.75) is 39.5 Å². The van der Waals surface area contributed by atoms with Gasteiger partial charge in [0.2, 0.25) is 0 Å². The van der Waals surface area contributed by atoms with Gasteiger partial charge in [-0.25, -0.2) is 0 Å². The zero-order valence-corrected chi connectivity index (χ0v) is 10.5. The molecule has 0 spiro atoms. The smallest absolute Gasteiger partial charge is 0.0516 e. The van der Waals surface area contributed by atoms with E-state index < -0.39 is 0 Å². The molecule has 0 aromatic rings. The van der Waals surface area contributed by atoms with Gasteiger partial charge in [0.1, 0.15) is 0 Å². The Morgan fingerprint density at radius 2 is 1.87 bits per heavy atom. The minimum Gasteiger partial charge on any atom is -0.384 e. The van der Waals surface area contributed by atoms with Gasteiger partial charge in [-0.1, -0.05) is 19.9 Å². The summed E-state index contributed by atoms with van der Waals surface area (Å²) in [6.07, 6.45) is 9.77. The molecule has 88 valence electrons. The van der Waals surface area contributed by atoms with Gasteiger partial charge in [-0.2, -0.15) is 0 Å². The van der Waals surface area contributed by atoms with Crippen LogP contribution >= 0.6 is 0 Å². The number of ether oxygens (including phenoxy) is 1. The van der Waals surface area contributed by atoms with Crippen LogP contribution in [0.4, 0.5) is 0 Å². The van der Waals surface area contributed by atoms with E-state index in [4.69, 9.17) is 4.74 Å².